The molecule has 2 amide bonds. The number of nitrogens with two attached hydrogens (primary N) is 3. The first-order chi connectivity index (χ1) is 6.47. The quantitative estimate of drug-likeness (QED) is 0.515. The number of amides is 2. The van der Waals surface area contributed by atoms with Crippen molar-refractivity contribution in [1.29, 1.82) is 0 Å². The van der Waals surface area contributed by atoms with E-state index in [1.807, 2.05) is 6.92 Å². The van der Waals surface area contributed by atoms with Crippen molar-refractivity contribution in [3.8, 4) is 0 Å². The van der Waals surface area contributed by atoms with Gasteiger partial charge in [-0.05, 0) is 12.8 Å². The first kappa shape index (κ1) is 12.9. The van der Waals surface area contributed by atoms with Gasteiger partial charge in [0.25, 0.3) is 0 Å². The lowest BCUT2D eigenvalue weighted by molar-refractivity contribution is -0.127. The average Bonchev–Trinajstić information content (AvgIpc) is 2.02. The summed E-state index contributed by atoms with van der Waals surface area (Å²) >= 11 is 0. The summed E-state index contributed by atoms with van der Waals surface area (Å²) in [7, 11) is 0. The Bertz CT molecular complexity index is 206. The number of hydrogen-bond acceptors (Lipinski definition) is 3. The summed E-state index contributed by atoms with van der Waals surface area (Å²) in [5.74, 6) is -1.54. The minimum absolute atomic E-state index is 0.00719. The molecule has 2 unspecified atom stereocenters. The van der Waals surface area contributed by atoms with E-state index in [0.717, 1.165) is 12.8 Å². The number of rotatable bonds is 7. The maximum atomic E-state index is 10.9. The molecule has 0 aromatic carbocycles. The zero-order chi connectivity index (χ0) is 11.1. The molecule has 6 N–H and O–H groups in total. The molecule has 0 aromatic heterocycles. The molecule has 0 heterocycles. The van der Waals surface area contributed by atoms with Gasteiger partial charge in [0.1, 0.15) is 0 Å². The Labute approximate surface area is 84.0 Å². The van der Waals surface area contributed by atoms with Gasteiger partial charge >= 0.3 is 0 Å². The van der Waals surface area contributed by atoms with E-state index in [1.165, 1.54) is 0 Å². The largest absolute Gasteiger partial charge is 0.370 e. The second-order valence-corrected chi connectivity index (χ2v) is 3.55. The minimum Gasteiger partial charge on any atom is -0.370 e. The van der Waals surface area contributed by atoms with E-state index in [9.17, 15) is 9.59 Å². The monoisotopic (exact) mass is 201 g/mol. The molecular formula is C9H19N3O2. The predicted octanol–water partition coefficient (Wildman–Crippen LogP) is -0.519. The molecule has 0 aliphatic rings. The molecule has 0 bridgehead atoms. The van der Waals surface area contributed by atoms with Crippen LogP contribution >= 0.6 is 0 Å². The first-order valence-corrected chi connectivity index (χ1v) is 4.80. The molecular weight excluding hydrogens is 182 g/mol. The number of carbonyl (C=O) groups is 2. The smallest absolute Gasteiger partial charge is 0.221 e. The Kier molecular flexibility index (Phi) is 5.87. The van der Waals surface area contributed by atoms with Crippen molar-refractivity contribution in [3.63, 3.8) is 0 Å². The maximum Gasteiger partial charge on any atom is 0.221 e. The lowest BCUT2D eigenvalue weighted by Crippen LogP contribution is -2.33. The molecule has 0 rings (SSSR count). The van der Waals surface area contributed by atoms with Crippen molar-refractivity contribution in [2.75, 3.05) is 0 Å². The minimum atomic E-state index is -0.519. The highest BCUT2D eigenvalue weighted by Gasteiger charge is 2.20. The van der Waals surface area contributed by atoms with Crippen molar-refractivity contribution in [3.05, 3.63) is 0 Å². The van der Waals surface area contributed by atoms with Crippen molar-refractivity contribution in [1.82, 2.24) is 0 Å². The van der Waals surface area contributed by atoms with E-state index in [0.29, 0.717) is 6.42 Å². The van der Waals surface area contributed by atoms with Gasteiger partial charge < -0.3 is 17.2 Å². The summed E-state index contributed by atoms with van der Waals surface area (Å²) in [5, 5.41) is 0. The third-order valence-electron chi connectivity index (χ3n) is 2.10. The van der Waals surface area contributed by atoms with Gasteiger partial charge in [-0.2, -0.15) is 0 Å². The van der Waals surface area contributed by atoms with Crippen molar-refractivity contribution < 1.29 is 9.59 Å². The van der Waals surface area contributed by atoms with E-state index in [4.69, 9.17) is 17.2 Å². The molecule has 0 aliphatic heterocycles. The Morgan fingerprint density at radius 2 is 1.86 bits per heavy atom. The second-order valence-electron chi connectivity index (χ2n) is 3.55. The first-order valence-electron chi connectivity index (χ1n) is 4.80. The fourth-order valence-electron chi connectivity index (χ4n) is 1.40. The second kappa shape index (κ2) is 6.37. The van der Waals surface area contributed by atoms with Gasteiger partial charge in [-0.25, -0.2) is 0 Å². The van der Waals surface area contributed by atoms with E-state index < -0.39 is 17.7 Å². The Morgan fingerprint density at radius 1 is 1.29 bits per heavy atom. The molecule has 0 spiro atoms. The van der Waals surface area contributed by atoms with E-state index in [2.05, 4.69) is 0 Å². The van der Waals surface area contributed by atoms with Crippen LogP contribution in [0.4, 0.5) is 0 Å². The standard InChI is InChI=1S/C9H19N3O2/c1-2-3-7(10)4-6(9(12)14)5-8(11)13/h6-7H,2-5,10H2,1H3,(H2,11,13)(H2,12,14). The highest BCUT2D eigenvalue weighted by Crippen LogP contribution is 2.12. The van der Waals surface area contributed by atoms with Crippen LogP contribution in [0.15, 0.2) is 0 Å². The summed E-state index contributed by atoms with van der Waals surface area (Å²) in [4.78, 5) is 21.6. The Balaban J connectivity index is 4.08. The van der Waals surface area contributed by atoms with Gasteiger partial charge in [0.2, 0.25) is 11.8 Å². The maximum absolute atomic E-state index is 10.9. The van der Waals surface area contributed by atoms with Crippen LogP contribution in [0.2, 0.25) is 0 Å². The van der Waals surface area contributed by atoms with Crippen molar-refractivity contribution >= 4 is 11.8 Å². The fraction of sp³-hybridized carbons (Fsp3) is 0.778. The Morgan fingerprint density at radius 3 is 2.21 bits per heavy atom. The van der Waals surface area contributed by atoms with E-state index in [-0.39, 0.29) is 12.5 Å². The number of primary amides is 2. The topological polar surface area (TPSA) is 112 Å². The molecule has 2 atom stereocenters. The number of carbonyl (C=O) groups excluding carboxylic acids is 2. The van der Waals surface area contributed by atoms with Crippen molar-refractivity contribution in [2.45, 2.75) is 38.6 Å². The van der Waals surface area contributed by atoms with Crippen LogP contribution in [-0.4, -0.2) is 17.9 Å². The van der Waals surface area contributed by atoms with Gasteiger partial charge in [-0.1, -0.05) is 13.3 Å². The fourth-order valence-corrected chi connectivity index (χ4v) is 1.40. The average molecular weight is 201 g/mol. The zero-order valence-corrected chi connectivity index (χ0v) is 8.53. The summed E-state index contributed by atoms with van der Waals surface area (Å²) in [6.45, 7) is 2.01. The highest BCUT2D eigenvalue weighted by atomic mass is 16.2. The molecule has 5 nitrogen and oxygen atoms in total. The van der Waals surface area contributed by atoms with Crippen LogP contribution in [0.1, 0.15) is 32.6 Å². The van der Waals surface area contributed by atoms with Gasteiger partial charge in [-0.15, -0.1) is 0 Å². The van der Waals surface area contributed by atoms with E-state index in [1.54, 1.807) is 0 Å². The third kappa shape index (κ3) is 5.53. The van der Waals surface area contributed by atoms with Gasteiger partial charge in [-0.3, -0.25) is 9.59 Å². The van der Waals surface area contributed by atoms with Crippen LogP contribution in [-0.2, 0) is 9.59 Å². The van der Waals surface area contributed by atoms with Crippen LogP contribution in [0, 0.1) is 5.92 Å². The molecule has 0 saturated heterocycles. The summed E-state index contributed by atoms with van der Waals surface area (Å²) in [5.41, 5.74) is 15.9. The molecule has 0 saturated carbocycles. The van der Waals surface area contributed by atoms with Gasteiger partial charge in [0, 0.05) is 18.4 Å². The molecule has 0 aliphatic carbocycles. The molecule has 0 aromatic rings. The summed E-state index contributed by atoms with van der Waals surface area (Å²) in [6, 6.07) is -0.0862. The summed E-state index contributed by atoms with van der Waals surface area (Å²) in [6.07, 6.45) is 2.20. The lowest BCUT2D eigenvalue weighted by Gasteiger charge is -2.16. The number of hydrogen-bond donors (Lipinski definition) is 3. The predicted molar refractivity (Wildman–Crippen MR) is 54.0 cm³/mol. The lowest BCUT2D eigenvalue weighted by atomic mass is 9.94. The molecule has 82 valence electrons. The normalized spacial score (nSPS) is 14.7. The zero-order valence-electron chi connectivity index (χ0n) is 8.53. The van der Waals surface area contributed by atoms with Gasteiger partial charge in [0.05, 0.1) is 0 Å². The molecule has 0 radical (unpaired) electrons. The molecule has 0 fully saturated rings. The SMILES string of the molecule is CCCC(N)CC(CC(N)=O)C(N)=O. The molecule has 14 heavy (non-hydrogen) atoms. The van der Waals surface area contributed by atoms with Crippen molar-refractivity contribution in [2.24, 2.45) is 23.1 Å². The third-order valence-corrected chi connectivity index (χ3v) is 2.10. The van der Waals surface area contributed by atoms with E-state index >= 15 is 0 Å². The highest BCUT2D eigenvalue weighted by molar-refractivity contribution is 5.83. The molecule has 5 heteroatoms. The van der Waals surface area contributed by atoms with Crippen LogP contribution in [0.3, 0.4) is 0 Å². The van der Waals surface area contributed by atoms with Crippen LogP contribution in [0.5, 0.6) is 0 Å². The Hall–Kier alpha value is -1.10. The van der Waals surface area contributed by atoms with Gasteiger partial charge in [0.15, 0.2) is 0 Å². The summed E-state index contributed by atoms with van der Waals surface area (Å²) < 4.78 is 0. The van der Waals surface area contributed by atoms with Crippen LogP contribution < -0.4 is 17.2 Å². The van der Waals surface area contributed by atoms with Crippen LogP contribution in [0.25, 0.3) is 0 Å².